The third-order valence-corrected chi connectivity index (χ3v) is 2.50. The molecular formula is C11H15ClN2O4. The van der Waals surface area contributed by atoms with Crippen molar-refractivity contribution in [1.82, 2.24) is 10.6 Å². The highest BCUT2D eigenvalue weighted by Gasteiger charge is 2.19. The molecule has 0 aliphatic heterocycles. The third-order valence-electron chi connectivity index (χ3n) is 2.21. The normalized spacial score (nSPS) is 11.9. The van der Waals surface area contributed by atoms with Crippen molar-refractivity contribution in [3.05, 3.63) is 23.1 Å². The number of carbonyl (C=O) groups excluding carboxylic acids is 2. The van der Waals surface area contributed by atoms with Gasteiger partial charge in [-0.1, -0.05) is 0 Å². The fourth-order valence-electron chi connectivity index (χ4n) is 1.23. The van der Waals surface area contributed by atoms with Crippen molar-refractivity contribution in [2.24, 2.45) is 0 Å². The highest BCUT2D eigenvalue weighted by atomic mass is 35.5. The molecule has 2 N–H and O–H groups in total. The summed E-state index contributed by atoms with van der Waals surface area (Å²) in [5.74, 6) is -0.747. The molecule has 1 rings (SSSR count). The number of hydrogen-bond donors (Lipinski definition) is 2. The molecule has 7 heteroatoms. The molecule has 0 bridgehead atoms. The van der Waals surface area contributed by atoms with Gasteiger partial charge < -0.3 is 19.8 Å². The summed E-state index contributed by atoms with van der Waals surface area (Å²) in [5.41, 5.74) is 0.202. The van der Waals surface area contributed by atoms with Crippen molar-refractivity contribution >= 4 is 23.4 Å². The van der Waals surface area contributed by atoms with Gasteiger partial charge in [-0.25, -0.2) is 0 Å². The fourth-order valence-corrected chi connectivity index (χ4v) is 1.43. The van der Waals surface area contributed by atoms with Crippen LogP contribution in [0.25, 0.3) is 0 Å². The molecule has 0 saturated heterocycles. The molecule has 1 heterocycles. The Balaban J connectivity index is 2.44. The monoisotopic (exact) mass is 274 g/mol. The zero-order chi connectivity index (χ0) is 13.5. The number of carbonyl (C=O) groups is 2. The lowest BCUT2D eigenvalue weighted by molar-refractivity contribution is -0.122. The van der Waals surface area contributed by atoms with Crippen LogP contribution in [0.1, 0.15) is 17.3 Å². The lowest BCUT2D eigenvalue weighted by Gasteiger charge is -2.13. The Labute approximate surface area is 110 Å². The second-order valence-corrected chi connectivity index (χ2v) is 3.93. The van der Waals surface area contributed by atoms with Crippen LogP contribution in [-0.4, -0.2) is 38.1 Å². The van der Waals surface area contributed by atoms with Gasteiger partial charge in [0.1, 0.15) is 6.04 Å². The van der Waals surface area contributed by atoms with E-state index in [1.165, 1.54) is 19.4 Å². The fraction of sp³-hybridized carbons (Fsp3) is 0.455. The predicted molar refractivity (Wildman–Crippen MR) is 65.5 cm³/mol. The molecule has 1 atom stereocenters. The summed E-state index contributed by atoms with van der Waals surface area (Å²) in [6.07, 6.45) is 1.31. The van der Waals surface area contributed by atoms with Gasteiger partial charge in [0.15, 0.2) is 0 Å². The largest absolute Gasteiger partial charge is 0.452 e. The van der Waals surface area contributed by atoms with E-state index in [0.717, 1.165) is 0 Å². The first kappa shape index (κ1) is 14.5. The van der Waals surface area contributed by atoms with Gasteiger partial charge in [0, 0.05) is 13.7 Å². The highest BCUT2D eigenvalue weighted by Crippen LogP contribution is 2.16. The van der Waals surface area contributed by atoms with Gasteiger partial charge in [-0.15, -0.1) is 0 Å². The predicted octanol–water partition coefficient (Wildman–Crippen LogP) is 0.814. The highest BCUT2D eigenvalue weighted by molar-refractivity contribution is 6.32. The van der Waals surface area contributed by atoms with Gasteiger partial charge in [0.05, 0.1) is 18.4 Å². The molecule has 0 spiro atoms. The third kappa shape index (κ3) is 4.05. The minimum atomic E-state index is -0.666. The SMILES string of the molecule is COCCNC(=O)C(C)NC(=O)c1ccoc1Cl. The maximum atomic E-state index is 11.7. The zero-order valence-electron chi connectivity index (χ0n) is 10.2. The molecule has 0 aliphatic carbocycles. The molecular weight excluding hydrogens is 260 g/mol. The average Bonchev–Trinajstić information content (AvgIpc) is 2.75. The molecule has 1 unspecified atom stereocenters. The van der Waals surface area contributed by atoms with Crippen LogP contribution < -0.4 is 10.6 Å². The molecule has 0 aliphatic rings. The van der Waals surface area contributed by atoms with Crippen LogP contribution in [-0.2, 0) is 9.53 Å². The smallest absolute Gasteiger partial charge is 0.256 e. The zero-order valence-corrected chi connectivity index (χ0v) is 10.9. The standard InChI is InChI=1S/C11H15ClN2O4/c1-7(10(15)13-4-6-17-2)14-11(16)8-3-5-18-9(8)12/h3,5,7H,4,6H2,1-2H3,(H,13,15)(H,14,16). The van der Waals surface area contributed by atoms with E-state index in [4.69, 9.17) is 20.8 Å². The molecule has 0 saturated carbocycles. The van der Waals surface area contributed by atoms with Crippen LogP contribution in [0.15, 0.2) is 16.7 Å². The van der Waals surface area contributed by atoms with Crippen molar-refractivity contribution in [3.8, 4) is 0 Å². The summed E-state index contributed by atoms with van der Waals surface area (Å²) < 4.78 is 9.59. The number of nitrogens with one attached hydrogen (secondary N) is 2. The average molecular weight is 275 g/mol. The minimum Gasteiger partial charge on any atom is -0.452 e. The quantitative estimate of drug-likeness (QED) is 0.753. The van der Waals surface area contributed by atoms with Crippen LogP contribution in [0.4, 0.5) is 0 Å². The lowest BCUT2D eigenvalue weighted by Crippen LogP contribution is -2.45. The molecule has 2 amide bonds. The number of methoxy groups -OCH3 is 1. The summed E-state index contributed by atoms with van der Waals surface area (Å²) in [4.78, 5) is 23.3. The van der Waals surface area contributed by atoms with Gasteiger partial charge in [-0.05, 0) is 24.6 Å². The molecule has 0 aromatic carbocycles. The first-order chi connectivity index (χ1) is 8.56. The van der Waals surface area contributed by atoms with E-state index in [0.29, 0.717) is 13.2 Å². The number of ether oxygens (including phenoxy) is 1. The van der Waals surface area contributed by atoms with Gasteiger partial charge in [0.25, 0.3) is 5.91 Å². The van der Waals surface area contributed by atoms with Crippen molar-refractivity contribution in [2.75, 3.05) is 20.3 Å². The maximum absolute atomic E-state index is 11.7. The second-order valence-electron chi connectivity index (χ2n) is 3.59. The van der Waals surface area contributed by atoms with Crippen molar-refractivity contribution < 1.29 is 18.7 Å². The Kier molecular flexibility index (Phi) is 5.67. The Bertz CT molecular complexity index is 419. The minimum absolute atomic E-state index is 0.000471. The number of rotatable bonds is 6. The van der Waals surface area contributed by atoms with E-state index in [9.17, 15) is 9.59 Å². The topological polar surface area (TPSA) is 80.6 Å². The number of furan rings is 1. The van der Waals surface area contributed by atoms with Crippen molar-refractivity contribution in [3.63, 3.8) is 0 Å². The molecule has 6 nitrogen and oxygen atoms in total. The molecule has 1 aromatic rings. The molecule has 1 aromatic heterocycles. The van der Waals surface area contributed by atoms with E-state index in [2.05, 4.69) is 10.6 Å². The first-order valence-corrected chi connectivity index (χ1v) is 5.74. The first-order valence-electron chi connectivity index (χ1n) is 5.36. The number of halogens is 1. The molecule has 18 heavy (non-hydrogen) atoms. The lowest BCUT2D eigenvalue weighted by atomic mass is 10.2. The van der Waals surface area contributed by atoms with Crippen LogP contribution in [0, 0.1) is 0 Å². The van der Waals surface area contributed by atoms with E-state index < -0.39 is 11.9 Å². The Morgan fingerprint density at radius 1 is 1.56 bits per heavy atom. The van der Waals surface area contributed by atoms with Gasteiger partial charge in [0.2, 0.25) is 11.1 Å². The van der Waals surface area contributed by atoms with E-state index in [1.54, 1.807) is 6.92 Å². The van der Waals surface area contributed by atoms with Crippen LogP contribution >= 0.6 is 11.6 Å². The molecule has 0 fully saturated rings. The van der Waals surface area contributed by atoms with Crippen molar-refractivity contribution in [2.45, 2.75) is 13.0 Å². The van der Waals surface area contributed by atoms with E-state index in [1.807, 2.05) is 0 Å². The summed E-state index contributed by atoms with van der Waals surface area (Å²) in [6, 6.07) is 0.771. The summed E-state index contributed by atoms with van der Waals surface area (Å²) in [5, 5.41) is 5.13. The summed E-state index contributed by atoms with van der Waals surface area (Å²) in [7, 11) is 1.54. The summed E-state index contributed by atoms with van der Waals surface area (Å²) in [6.45, 7) is 2.38. The second kappa shape index (κ2) is 7.03. The van der Waals surface area contributed by atoms with Crippen molar-refractivity contribution in [1.29, 1.82) is 0 Å². The maximum Gasteiger partial charge on any atom is 0.256 e. The Morgan fingerprint density at radius 2 is 2.28 bits per heavy atom. The molecule has 0 radical (unpaired) electrons. The van der Waals surface area contributed by atoms with E-state index in [-0.39, 0.29) is 16.7 Å². The van der Waals surface area contributed by atoms with Crippen LogP contribution in [0.2, 0.25) is 5.22 Å². The molecule has 100 valence electrons. The van der Waals surface area contributed by atoms with Crippen LogP contribution in [0.5, 0.6) is 0 Å². The number of amides is 2. The van der Waals surface area contributed by atoms with Gasteiger partial charge in [-0.3, -0.25) is 9.59 Å². The number of hydrogen-bond acceptors (Lipinski definition) is 4. The van der Waals surface area contributed by atoms with Gasteiger partial charge >= 0.3 is 0 Å². The summed E-state index contributed by atoms with van der Waals surface area (Å²) >= 11 is 5.66. The Hall–Kier alpha value is -1.53. The van der Waals surface area contributed by atoms with E-state index >= 15 is 0 Å². The van der Waals surface area contributed by atoms with Crippen LogP contribution in [0.3, 0.4) is 0 Å². The van der Waals surface area contributed by atoms with Gasteiger partial charge in [-0.2, -0.15) is 0 Å². The Morgan fingerprint density at radius 3 is 2.83 bits per heavy atom.